The first-order valence-electron chi connectivity index (χ1n) is 12.9. The molecule has 230 valence electrons. The summed E-state index contributed by atoms with van der Waals surface area (Å²) in [7, 11) is -4.60. The number of anilines is 2. The highest BCUT2D eigenvalue weighted by Crippen LogP contribution is 2.45. The third-order valence-corrected chi connectivity index (χ3v) is 9.42. The normalized spacial score (nSPS) is 17.7. The van der Waals surface area contributed by atoms with E-state index in [0.717, 1.165) is 28.6 Å². The molecule has 0 bridgehead atoms. The molecule has 1 N–H and O–H groups in total. The van der Waals surface area contributed by atoms with Gasteiger partial charge >= 0.3 is 18.3 Å². The minimum atomic E-state index is -4.80. The number of fused-ring (bicyclic) bond motifs is 1. The molecule has 2 aliphatic rings. The van der Waals surface area contributed by atoms with Crippen LogP contribution < -0.4 is 13.9 Å². The molecule has 3 aromatic rings. The molecular formula is C28H23ClF6N2O5S. The largest absolute Gasteiger partial charge is 0.486 e. The average molecular weight is 649 g/mol. The van der Waals surface area contributed by atoms with E-state index in [9.17, 15) is 39.6 Å². The number of ether oxygens (including phenoxy) is 1. The molecule has 15 heteroatoms. The van der Waals surface area contributed by atoms with Crippen molar-refractivity contribution in [2.24, 2.45) is 0 Å². The van der Waals surface area contributed by atoms with Crippen LogP contribution in [0.1, 0.15) is 35.4 Å². The van der Waals surface area contributed by atoms with Gasteiger partial charge in [-0.15, -0.1) is 0 Å². The summed E-state index contributed by atoms with van der Waals surface area (Å²) in [6.45, 7) is -0.109. The van der Waals surface area contributed by atoms with Gasteiger partial charge < -0.3 is 14.7 Å². The summed E-state index contributed by atoms with van der Waals surface area (Å²) in [5.41, 5.74) is -1.60. The third kappa shape index (κ3) is 6.21. The second-order valence-electron chi connectivity index (χ2n) is 10.2. The molecule has 0 radical (unpaired) electrons. The Morgan fingerprint density at radius 2 is 1.65 bits per heavy atom. The number of aliphatic carboxylic acids is 1. The first kappa shape index (κ1) is 30.8. The lowest BCUT2D eigenvalue weighted by Gasteiger charge is -2.43. The molecule has 3 aromatic carbocycles. The minimum Gasteiger partial charge on any atom is -0.486 e. The number of carboxylic acid groups (broad SMARTS) is 1. The van der Waals surface area contributed by atoms with Gasteiger partial charge in [-0.05, 0) is 60.5 Å². The Balaban J connectivity index is 1.48. The Hall–Kier alpha value is -3.65. The molecule has 0 aliphatic carbocycles. The number of halogens is 7. The van der Waals surface area contributed by atoms with Gasteiger partial charge in [-0.3, -0.25) is 9.10 Å². The molecule has 1 fully saturated rings. The zero-order chi connectivity index (χ0) is 31.3. The fraction of sp³-hybridized carbons (Fsp3) is 0.321. The van der Waals surface area contributed by atoms with Crippen LogP contribution in [-0.4, -0.2) is 45.2 Å². The van der Waals surface area contributed by atoms with Crippen LogP contribution in [0.3, 0.4) is 0 Å². The van der Waals surface area contributed by atoms with Crippen molar-refractivity contribution in [3.63, 3.8) is 0 Å². The van der Waals surface area contributed by atoms with E-state index in [-0.39, 0.29) is 54.5 Å². The van der Waals surface area contributed by atoms with Crippen LogP contribution in [0.4, 0.5) is 37.7 Å². The Kier molecular flexibility index (Phi) is 7.97. The Bertz CT molecular complexity index is 1660. The van der Waals surface area contributed by atoms with Crippen molar-refractivity contribution < 1.29 is 49.4 Å². The van der Waals surface area contributed by atoms with Crippen molar-refractivity contribution in [2.45, 2.75) is 42.1 Å². The maximum Gasteiger partial charge on any atom is 0.416 e. The third-order valence-electron chi connectivity index (χ3n) is 7.32. The zero-order valence-corrected chi connectivity index (χ0v) is 23.6. The van der Waals surface area contributed by atoms with Crippen molar-refractivity contribution in [2.75, 3.05) is 28.8 Å². The van der Waals surface area contributed by atoms with Crippen molar-refractivity contribution in [3.05, 3.63) is 82.4 Å². The van der Waals surface area contributed by atoms with Crippen molar-refractivity contribution in [1.82, 2.24) is 0 Å². The molecule has 43 heavy (non-hydrogen) atoms. The van der Waals surface area contributed by atoms with E-state index in [1.807, 2.05) is 0 Å². The van der Waals surface area contributed by atoms with Crippen molar-refractivity contribution >= 4 is 39.0 Å². The number of hydrogen-bond acceptors (Lipinski definition) is 5. The molecule has 0 aromatic heterocycles. The Morgan fingerprint density at radius 1 is 0.953 bits per heavy atom. The summed E-state index contributed by atoms with van der Waals surface area (Å²) in [6, 6.07) is 11.2. The van der Waals surface area contributed by atoms with Gasteiger partial charge in [-0.1, -0.05) is 23.7 Å². The van der Waals surface area contributed by atoms with Crippen LogP contribution >= 0.6 is 11.6 Å². The lowest BCUT2D eigenvalue weighted by atomic mass is 9.87. The van der Waals surface area contributed by atoms with Crippen LogP contribution in [0.15, 0.2) is 65.6 Å². The van der Waals surface area contributed by atoms with Crippen molar-refractivity contribution in [1.29, 1.82) is 0 Å². The van der Waals surface area contributed by atoms with Crippen molar-refractivity contribution in [3.8, 4) is 5.75 Å². The fourth-order valence-electron chi connectivity index (χ4n) is 5.19. The van der Waals surface area contributed by atoms with E-state index in [2.05, 4.69) is 0 Å². The number of carbonyl (C=O) groups is 1. The van der Waals surface area contributed by atoms with Crippen LogP contribution in [0.2, 0.25) is 5.02 Å². The van der Waals surface area contributed by atoms with E-state index in [1.54, 1.807) is 11.0 Å². The predicted octanol–water partition coefficient (Wildman–Crippen LogP) is 6.80. The molecule has 0 amide bonds. The summed E-state index contributed by atoms with van der Waals surface area (Å²) in [4.78, 5) is 12.2. The van der Waals surface area contributed by atoms with Gasteiger partial charge in [0.1, 0.15) is 11.9 Å². The first-order chi connectivity index (χ1) is 20.1. The highest BCUT2D eigenvalue weighted by molar-refractivity contribution is 7.92. The SMILES string of the molecule is O=C(O)CCC1CN(S(=O)(=O)c2cccc(C(F)(F)F)c2)c2cc(N3CC(c4c(Cl)cccc4C(F)(F)F)C3)ccc2O1. The number of carboxylic acids is 1. The second kappa shape index (κ2) is 11.1. The lowest BCUT2D eigenvalue weighted by molar-refractivity contribution is -0.139. The van der Waals surface area contributed by atoms with E-state index < -0.39 is 56.4 Å². The standard InChI is InChI=1S/C28H23ClF6N2O5S/c29-22-6-2-5-21(28(33,34)35)26(22)16-13-36(14-16)18-7-9-24-23(12-18)37(15-19(42-24)8-10-25(38)39)43(40,41)20-4-1-3-17(11-20)27(30,31)32/h1-7,9,11-12,16,19H,8,10,13-15H2,(H,38,39). The van der Waals surface area contributed by atoms with Gasteiger partial charge in [0.15, 0.2) is 0 Å². The predicted molar refractivity (Wildman–Crippen MR) is 145 cm³/mol. The number of sulfonamides is 1. The number of alkyl halides is 6. The molecular weight excluding hydrogens is 626 g/mol. The summed E-state index contributed by atoms with van der Waals surface area (Å²) in [6.07, 6.45) is -10.7. The van der Waals surface area contributed by atoms with Gasteiger partial charge in [-0.25, -0.2) is 8.42 Å². The van der Waals surface area contributed by atoms with Gasteiger partial charge in [0.2, 0.25) is 0 Å². The topological polar surface area (TPSA) is 87.2 Å². The molecule has 5 rings (SSSR count). The van der Waals surface area contributed by atoms with Crippen LogP contribution in [0, 0.1) is 0 Å². The smallest absolute Gasteiger partial charge is 0.416 e. The number of hydrogen-bond donors (Lipinski definition) is 1. The molecule has 0 spiro atoms. The summed E-state index contributed by atoms with van der Waals surface area (Å²) >= 11 is 6.14. The maximum atomic E-state index is 13.7. The van der Waals surface area contributed by atoms with E-state index in [4.69, 9.17) is 21.4 Å². The zero-order valence-electron chi connectivity index (χ0n) is 22.0. The van der Waals surface area contributed by atoms with Crippen LogP contribution in [-0.2, 0) is 27.2 Å². The Morgan fingerprint density at radius 3 is 2.30 bits per heavy atom. The van der Waals surface area contributed by atoms with Gasteiger partial charge in [0, 0.05) is 36.1 Å². The molecule has 7 nitrogen and oxygen atoms in total. The fourth-order valence-corrected chi connectivity index (χ4v) is 7.06. The molecule has 2 aliphatic heterocycles. The van der Waals surface area contributed by atoms with Crippen LogP contribution in [0.5, 0.6) is 5.75 Å². The summed E-state index contributed by atoms with van der Waals surface area (Å²) in [5, 5.41) is 9.07. The Labute approximate surface area is 247 Å². The number of benzene rings is 3. The summed E-state index contributed by atoms with van der Waals surface area (Å²) < 4.78 is 115. The summed E-state index contributed by atoms with van der Waals surface area (Å²) in [5.74, 6) is -1.65. The maximum absolute atomic E-state index is 13.7. The molecule has 1 saturated heterocycles. The van der Waals surface area contributed by atoms with E-state index >= 15 is 0 Å². The average Bonchev–Trinajstić information content (AvgIpc) is 2.90. The highest BCUT2D eigenvalue weighted by atomic mass is 35.5. The molecule has 2 heterocycles. The quantitative estimate of drug-likeness (QED) is 0.284. The first-order valence-corrected chi connectivity index (χ1v) is 14.7. The molecule has 1 unspecified atom stereocenters. The van der Waals surface area contributed by atoms with E-state index in [1.165, 1.54) is 24.3 Å². The number of rotatable bonds is 7. The highest BCUT2D eigenvalue weighted by Gasteiger charge is 2.41. The molecule has 1 atom stereocenters. The number of nitrogens with zero attached hydrogens (tertiary/aromatic N) is 2. The lowest BCUT2D eigenvalue weighted by Crippen LogP contribution is -2.46. The van der Waals surface area contributed by atoms with E-state index in [0.29, 0.717) is 11.8 Å². The molecule has 0 saturated carbocycles. The van der Waals surface area contributed by atoms with Crippen LogP contribution in [0.25, 0.3) is 0 Å². The monoisotopic (exact) mass is 648 g/mol. The second-order valence-corrected chi connectivity index (χ2v) is 12.5. The van der Waals surface area contributed by atoms with Gasteiger partial charge in [0.05, 0.1) is 28.3 Å². The van der Waals surface area contributed by atoms with Gasteiger partial charge in [-0.2, -0.15) is 26.3 Å². The van der Waals surface area contributed by atoms with Gasteiger partial charge in [0.25, 0.3) is 10.0 Å². The minimum absolute atomic E-state index is 0.00124.